The van der Waals surface area contributed by atoms with E-state index in [1.807, 2.05) is 6.92 Å². The van der Waals surface area contributed by atoms with Crippen LogP contribution in [0.2, 0.25) is 18.1 Å². The molecule has 0 unspecified atom stereocenters. The average Bonchev–Trinajstić information content (AvgIpc) is 2.95. The Morgan fingerprint density at radius 2 is 1.90 bits per heavy atom. The van der Waals surface area contributed by atoms with E-state index >= 15 is 0 Å². The summed E-state index contributed by atoms with van der Waals surface area (Å²) >= 11 is 0. The molecule has 4 atom stereocenters. The summed E-state index contributed by atoms with van der Waals surface area (Å²) in [6.45, 7) is 16.3. The van der Waals surface area contributed by atoms with Gasteiger partial charge in [0.05, 0.1) is 24.9 Å². The molecule has 2 aliphatic heterocycles. The Bertz CT molecular complexity index is 386. The molecule has 0 saturated carbocycles. The van der Waals surface area contributed by atoms with Gasteiger partial charge in [-0.3, -0.25) is 0 Å². The van der Waals surface area contributed by atoms with E-state index in [9.17, 15) is 5.11 Å². The molecule has 0 aromatic carbocycles. The lowest BCUT2D eigenvalue weighted by Gasteiger charge is -2.39. The van der Waals surface area contributed by atoms with Crippen LogP contribution < -0.4 is 0 Å². The van der Waals surface area contributed by atoms with Crippen LogP contribution in [-0.2, 0) is 13.9 Å². The Labute approximate surface area is 130 Å². The average molecular weight is 317 g/mol. The predicted octanol–water partition coefficient (Wildman–Crippen LogP) is 3.10. The van der Waals surface area contributed by atoms with Crippen molar-refractivity contribution in [2.45, 2.75) is 89.0 Å². The quantitative estimate of drug-likeness (QED) is 0.625. The van der Waals surface area contributed by atoms with Crippen LogP contribution in [-0.4, -0.2) is 50.0 Å². The van der Waals surface area contributed by atoms with Crippen LogP contribution >= 0.6 is 0 Å². The number of aliphatic hydroxyl groups is 1. The Hall–Kier alpha value is 0.0569. The van der Waals surface area contributed by atoms with Gasteiger partial charge in [-0.25, -0.2) is 0 Å². The molecule has 2 fully saturated rings. The van der Waals surface area contributed by atoms with Gasteiger partial charge in [0.2, 0.25) is 0 Å². The lowest BCUT2D eigenvalue weighted by atomic mass is 9.94. The minimum Gasteiger partial charge on any atom is -0.414 e. The molecule has 4 nitrogen and oxygen atoms in total. The third kappa shape index (κ3) is 3.53. The second-order valence-electron chi connectivity index (χ2n) is 8.65. The number of ether oxygens (including phenoxy) is 2. The molecule has 5 heteroatoms. The molecule has 0 radical (unpaired) electrons. The summed E-state index contributed by atoms with van der Waals surface area (Å²) in [5, 5.41) is 10.7. The predicted molar refractivity (Wildman–Crippen MR) is 86.0 cm³/mol. The first kappa shape index (κ1) is 17.4. The summed E-state index contributed by atoms with van der Waals surface area (Å²) in [7, 11) is -1.83. The zero-order valence-corrected chi connectivity index (χ0v) is 15.7. The molecule has 1 N–H and O–H groups in total. The van der Waals surface area contributed by atoms with E-state index in [4.69, 9.17) is 13.9 Å². The molecule has 0 bridgehead atoms. The van der Waals surface area contributed by atoms with Crippen molar-refractivity contribution < 1.29 is 19.0 Å². The van der Waals surface area contributed by atoms with Crippen LogP contribution in [0.1, 0.15) is 47.5 Å². The van der Waals surface area contributed by atoms with Gasteiger partial charge in [0.1, 0.15) is 11.7 Å². The van der Waals surface area contributed by atoms with Crippen LogP contribution in [0.5, 0.6) is 0 Å². The van der Waals surface area contributed by atoms with Crippen LogP contribution in [0.25, 0.3) is 0 Å². The first-order chi connectivity index (χ1) is 9.40. The Morgan fingerprint density at radius 1 is 1.33 bits per heavy atom. The van der Waals surface area contributed by atoms with Gasteiger partial charge in [-0.15, -0.1) is 0 Å². The van der Waals surface area contributed by atoms with E-state index in [1.54, 1.807) is 0 Å². The molecule has 2 rings (SSSR count). The molecule has 0 aromatic heterocycles. The van der Waals surface area contributed by atoms with Crippen molar-refractivity contribution in [2.75, 3.05) is 13.2 Å². The maximum atomic E-state index is 10.6. The van der Waals surface area contributed by atoms with Crippen molar-refractivity contribution in [3.8, 4) is 0 Å². The number of epoxide rings is 1. The number of rotatable bonds is 5. The zero-order chi connectivity index (χ0) is 16.1. The summed E-state index contributed by atoms with van der Waals surface area (Å²) in [5.74, 6) is 0. The summed E-state index contributed by atoms with van der Waals surface area (Å²) in [6.07, 6.45) is 1.33. The van der Waals surface area contributed by atoms with E-state index in [0.29, 0.717) is 6.61 Å². The Balaban J connectivity index is 1.90. The third-order valence-electron chi connectivity index (χ3n) is 5.71. The minimum absolute atomic E-state index is 0.102. The lowest BCUT2D eigenvalue weighted by Crippen LogP contribution is -2.48. The van der Waals surface area contributed by atoms with Crippen LogP contribution in [0.3, 0.4) is 0 Å². The highest BCUT2D eigenvalue weighted by molar-refractivity contribution is 6.74. The molecule has 21 heavy (non-hydrogen) atoms. The first-order valence-electron chi connectivity index (χ1n) is 8.03. The summed E-state index contributed by atoms with van der Waals surface area (Å²) in [4.78, 5) is 0. The van der Waals surface area contributed by atoms with E-state index < -0.39 is 20.0 Å². The summed E-state index contributed by atoms with van der Waals surface area (Å²) < 4.78 is 17.8. The summed E-state index contributed by atoms with van der Waals surface area (Å²) in [6, 6.07) is 0. The lowest BCUT2D eigenvalue weighted by molar-refractivity contribution is -0.129. The fraction of sp³-hybridized carbons (Fsp3) is 1.00. The number of aliphatic hydroxyl groups excluding tert-OH is 1. The fourth-order valence-corrected chi connectivity index (χ4v) is 3.52. The van der Waals surface area contributed by atoms with Gasteiger partial charge in [-0.1, -0.05) is 20.8 Å². The third-order valence-corrected chi connectivity index (χ3v) is 10.2. The second-order valence-corrected chi connectivity index (χ2v) is 13.5. The molecule has 2 aliphatic rings. The number of hydrogen-bond acceptors (Lipinski definition) is 4. The van der Waals surface area contributed by atoms with E-state index in [2.05, 4.69) is 40.8 Å². The molecule has 0 aromatic rings. The topological polar surface area (TPSA) is 51.2 Å². The highest BCUT2D eigenvalue weighted by Gasteiger charge is 2.55. The highest BCUT2D eigenvalue weighted by atomic mass is 28.4. The van der Waals surface area contributed by atoms with Gasteiger partial charge in [0, 0.05) is 0 Å². The Morgan fingerprint density at radius 3 is 2.38 bits per heavy atom. The van der Waals surface area contributed by atoms with Crippen molar-refractivity contribution in [1.29, 1.82) is 0 Å². The van der Waals surface area contributed by atoms with E-state index in [0.717, 1.165) is 19.4 Å². The van der Waals surface area contributed by atoms with Gasteiger partial charge in [-0.2, -0.15) is 0 Å². The van der Waals surface area contributed by atoms with Gasteiger partial charge in [0.15, 0.2) is 8.32 Å². The van der Waals surface area contributed by atoms with E-state index in [1.165, 1.54) is 0 Å². The van der Waals surface area contributed by atoms with Crippen LogP contribution in [0.15, 0.2) is 0 Å². The summed E-state index contributed by atoms with van der Waals surface area (Å²) in [5.41, 5.74) is -0.639. The normalized spacial score (nSPS) is 38.6. The largest absolute Gasteiger partial charge is 0.414 e. The molecule has 0 aliphatic carbocycles. The maximum absolute atomic E-state index is 10.6. The molecule has 124 valence electrons. The van der Waals surface area contributed by atoms with Crippen LogP contribution in [0, 0.1) is 0 Å². The second kappa shape index (κ2) is 5.30. The first-order valence-corrected chi connectivity index (χ1v) is 10.9. The minimum atomic E-state index is -1.83. The van der Waals surface area contributed by atoms with Crippen molar-refractivity contribution in [3.05, 3.63) is 0 Å². The van der Waals surface area contributed by atoms with Crippen molar-refractivity contribution in [2.24, 2.45) is 0 Å². The maximum Gasteiger partial charge on any atom is 0.192 e. The zero-order valence-electron chi connectivity index (χ0n) is 14.7. The molecular weight excluding hydrogens is 284 g/mol. The molecular formula is C16H32O4Si. The van der Waals surface area contributed by atoms with Gasteiger partial charge in [0.25, 0.3) is 0 Å². The van der Waals surface area contributed by atoms with Gasteiger partial charge in [-0.05, 0) is 44.8 Å². The van der Waals surface area contributed by atoms with Crippen molar-refractivity contribution >= 4 is 8.32 Å². The molecule has 0 amide bonds. The van der Waals surface area contributed by atoms with Gasteiger partial charge < -0.3 is 19.0 Å². The fourth-order valence-electron chi connectivity index (χ4n) is 2.52. The monoisotopic (exact) mass is 316 g/mol. The van der Waals surface area contributed by atoms with Crippen molar-refractivity contribution in [3.63, 3.8) is 0 Å². The number of hydrogen-bond donors (Lipinski definition) is 1. The standard InChI is InChI=1S/C16H32O4Si/c1-14(2,3)21(6,7)19-10-12(17)15(4)9-8-13(20-15)16(5)11-18-16/h12-13,17H,8-11H2,1-7H3/t12-,13-,15+,16-/m1/s1. The van der Waals surface area contributed by atoms with E-state index in [-0.39, 0.29) is 16.7 Å². The van der Waals surface area contributed by atoms with Crippen molar-refractivity contribution in [1.82, 2.24) is 0 Å². The van der Waals surface area contributed by atoms with Gasteiger partial charge >= 0.3 is 0 Å². The SMILES string of the molecule is CC(C)(C)[Si](C)(C)OC[C@@H](O)[C@]1(C)CC[C@H]([C@@]2(C)CO2)O1. The smallest absolute Gasteiger partial charge is 0.192 e. The molecule has 2 heterocycles. The Kier molecular flexibility index (Phi) is 4.40. The van der Waals surface area contributed by atoms with Crippen LogP contribution in [0.4, 0.5) is 0 Å². The molecule has 0 spiro atoms. The molecule has 2 saturated heterocycles. The highest BCUT2D eigenvalue weighted by Crippen LogP contribution is 2.44.